The van der Waals surface area contributed by atoms with E-state index < -0.39 is 30.4 Å². The van der Waals surface area contributed by atoms with Crippen molar-refractivity contribution in [3.63, 3.8) is 0 Å². The molecule has 2 fully saturated rings. The Bertz CT molecular complexity index is 1010. The van der Waals surface area contributed by atoms with Gasteiger partial charge in [0.25, 0.3) is 0 Å². The molecule has 4 rings (SSSR count). The lowest BCUT2D eigenvalue weighted by Crippen LogP contribution is -2.49. The lowest BCUT2D eigenvalue weighted by atomic mass is 10.0. The van der Waals surface area contributed by atoms with Crippen LogP contribution in [0.2, 0.25) is 0 Å². The lowest BCUT2D eigenvalue weighted by molar-refractivity contribution is -0.135. The highest BCUT2D eigenvalue weighted by atomic mass is 19.1. The Morgan fingerprint density at radius 1 is 0.971 bits per heavy atom. The summed E-state index contributed by atoms with van der Waals surface area (Å²) in [6, 6.07) is 13.1. The zero-order chi connectivity index (χ0) is 24.9. The number of hydrogen-bond acceptors (Lipinski definition) is 6. The SMILES string of the molecule is Cc1ccc(NC(=O)NC[C@H]2O[C@@H](CC(=O)N3CCN(c4ccc(F)cc4)CC3)[C@H](O)[C@@H]2O)cc1. The fourth-order valence-corrected chi connectivity index (χ4v) is 4.34. The summed E-state index contributed by atoms with van der Waals surface area (Å²) in [6.45, 7) is 4.13. The minimum Gasteiger partial charge on any atom is -0.388 e. The van der Waals surface area contributed by atoms with Crippen LogP contribution in [-0.4, -0.2) is 84.2 Å². The van der Waals surface area contributed by atoms with Gasteiger partial charge in [-0.05, 0) is 43.3 Å². The normalized spacial score (nSPS) is 24.3. The zero-order valence-electron chi connectivity index (χ0n) is 19.6. The minimum absolute atomic E-state index is 0.0169. The van der Waals surface area contributed by atoms with Crippen LogP contribution >= 0.6 is 0 Å². The van der Waals surface area contributed by atoms with Crippen LogP contribution in [0.4, 0.5) is 20.6 Å². The van der Waals surface area contributed by atoms with Gasteiger partial charge in [0, 0.05) is 44.1 Å². The molecular weight excluding hydrogens is 455 g/mol. The number of carbonyl (C=O) groups excluding carboxylic acids is 2. The molecule has 0 unspecified atom stereocenters. The van der Waals surface area contributed by atoms with E-state index in [0.29, 0.717) is 31.9 Å². The first kappa shape index (κ1) is 24.9. The molecule has 2 aromatic carbocycles. The number of aryl methyl sites for hydroxylation is 1. The van der Waals surface area contributed by atoms with Crippen molar-refractivity contribution in [2.24, 2.45) is 0 Å². The van der Waals surface area contributed by atoms with E-state index in [2.05, 4.69) is 15.5 Å². The van der Waals surface area contributed by atoms with Gasteiger partial charge in [-0.15, -0.1) is 0 Å². The number of hydrogen-bond donors (Lipinski definition) is 4. The summed E-state index contributed by atoms with van der Waals surface area (Å²) in [5, 5.41) is 26.1. The summed E-state index contributed by atoms with van der Waals surface area (Å²) < 4.78 is 18.9. The third-order valence-electron chi connectivity index (χ3n) is 6.43. The number of anilines is 2. The molecule has 35 heavy (non-hydrogen) atoms. The van der Waals surface area contributed by atoms with Crippen LogP contribution in [0.3, 0.4) is 0 Å². The van der Waals surface area contributed by atoms with E-state index in [9.17, 15) is 24.2 Å². The van der Waals surface area contributed by atoms with Gasteiger partial charge < -0.3 is 35.4 Å². The highest BCUT2D eigenvalue weighted by Gasteiger charge is 2.44. The monoisotopic (exact) mass is 486 g/mol. The van der Waals surface area contributed by atoms with Gasteiger partial charge in [-0.25, -0.2) is 9.18 Å². The predicted octanol–water partition coefficient (Wildman–Crippen LogP) is 1.48. The number of benzene rings is 2. The van der Waals surface area contributed by atoms with Crippen molar-refractivity contribution in [1.82, 2.24) is 10.2 Å². The van der Waals surface area contributed by atoms with Crippen molar-refractivity contribution in [3.05, 3.63) is 59.9 Å². The van der Waals surface area contributed by atoms with Gasteiger partial charge in [0.15, 0.2) is 0 Å². The molecule has 2 aliphatic heterocycles. The number of amides is 3. The van der Waals surface area contributed by atoms with Gasteiger partial charge in [-0.2, -0.15) is 0 Å². The van der Waals surface area contributed by atoms with E-state index in [1.54, 1.807) is 29.2 Å². The number of aliphatic hydroxyl groups is 2. The first-order chi connectivity index (χ1) is 16.8. The van der Waals surface area contributed by atoms with E-state index >= 15 is 0 Å². The van der Waals surface area contributed by atoms with Crippen molar-refractivity contribution in [1.29, 1.82) is 0 Å². The Kier molecular flexibility index (Phi) is 7.84. The smallest absolute Gasteiger partial charge is 0.319 e. The molecule has 0 aliphatic carbocycles. The Balaban J connectivity index is 1.22. The summed E-state index contributed by atoms with van der Waals surface area (Å²) in [7, 11) is 0. The Morgan fingerprint density at radius 3 is 2.26 bits per heavy atom. The van der Waals surface area contributed by atoms with Gasteiger partial charge in [0.05, 0.1) is 12.5 Å². The largest absolute Gasteiger partial charge is 0.388 e. The highest BCUT2D eigenvalue weighted by molar-refractivity contribution is 5.89. The number of ether oxygens (including phenoxy) is 1. The van der Waals surface area contributed by atoms with Crippen LogP contribution in [0.15, 0.2) is 48.5 Å². The summed E-state index contributed by atoms with van der Waals surface area (Å²) in [5.74, 6) is -0.467. The molecule has 4 atom stereocenters. The number of urea groups is 1. The third-order valence-corrected chi connectivity index (χ3v) is 6.43. The average Bonchev–Trinajstić information content (AvgIpc) is 3.12. The van der Waals surface area contributed by atoms with E-state index in [1.807, 2.05) is 19.1 Å². The second-order valence-corrected chi connectivity index (χ2v) is 8.94. The topological polar surface area (TPSA) is 114 Å². The molecule has 3 amide bonds. The maximum atomic E-state index is 13.1. The van der Waals surface area contributed by atoms with Crippen LogP contribution < -0.4 is 15.5 Å². The molecule has 2 saturated heterocycles. The van der Waals surface area contributed by atoms with E-state index in [1.165, 1.54) is 12.1 Å². The molecule has 10 heteroatoms. The summed E-state index contributed by atoms with van der Waals surface area (Å²) in [5.41, 5.74) is 2.60. The van der Waals surface area contributed by atoms with Gasteiger partial charge in [0.1, 0.15) is 24.1 Å². The maximum absolute atomic E-state index is 13.1. The summed E-state index contributed by atoms with van der Waals surface area (Å²) in [6.07, 6.45) is -4.21. The molecule has 0 radical (unpaired) electrons. The van der Waals surface area contributed by atoms with Gasteiger partial charge >= 0.3 is 6.03 Å². The van der Waals surface area contributed by atoms with E-state index in [4.69, 9.17) is 4.74 Å². The molecule has 0 bridgehead atoms. The van der Waals surface area contributed by atoms with Crippen molar-refractivity contribution < 1.29 is 28.9 Å². The Labute approximate surface area is 203 Å². The Morgan fingerprint density at radius 2 is 1.60 bits per heavy atom. The number of halogens is 1. The standard InChI is InChI=1S/C25H31FN4O5/c1-16-2-6-18(7-3-16)28-25(34)27-15-21-24(33)23(32)20(35-21)14-22(31)30-12-10-29(11-13-30)19-8-4-17(26)5-9-19/h2-9,20-21,23-24,32-33H,10-15H2,1H3,(H2,27,28,34)/t20-,21+,23-,24+/m0/s1. The molecule has 2 aliphatic rings. The second kappa shape index (κ2) is 11.0. The van der Waals surface area contributed by atoms with Crippen LogP contribution in [-0.2, 0) is 9.53 Å². The van der Waals surface area contributed by atoms with Gasteiger partial charge in [-0.3, -0.25) is 4.79 Å². The zero-order valence-corrected chi connectivity index (χ0v) is 19.6. The molecule has 2 heterocycles. The van der Waals surface area contributed by atoms with Crippen molar-refractivity contribution in [2.75, 3.05) is 42.9 Å². The second-order valence-electron chi connectivity index (χ2n) is 8.94. The fraction of sp³-hybridized carbons (Fsp3) is 0.440. The molecular formula is C25H31FN4O5. The lowest BCUT2D eigenvalue weighted by Gasteiger charge is -2.36. The van der Waals surface area contributed by atoms with Crippen LogP contribution in [0.5, 0.6) is 0 Å². The summed E-state index contributed by atoms with van der Waals surface area (Å²) in [4.78, 5) is 28.7. The highest BCUT2D eigenvalue weighted by Crippen LogP contribution is 2.25. The van der Waals surface area contributed by atoms with E-state index in [-0.39, 0.29) is 24.7 Å². The molecule has 0 aromatic heterocycles. The number of piperazine rings is 1. The number of nitrogens with zero attached hydrogens (tertiary/aromatic N) is 2. The minimum atomic E-state index is -1.23. The Hall–Kier alpha value is -3.21. The van der Waals surface area contributed by atoms with Crippen molar-refractivity contribution in [3.8, 4) is 0 Å². The summed E-state index contributed by atoms with van der Waals surface area (Å²) >= 11 is 0. The number of aliphatic hydroxyl groups excluding tert-OH is 2. The molecule has 2 aromatic rings. The first-order valence-corrected chi connectivity index (χ1v) is 11.7. The van der Waals surface area contributed by atoms with Crippen molar-refractivity contribution in [2.45, 2.75) is 37.8 Å². The third kappa shape index (κ3) is 6.27. The molecule has 188 valence electrons. The van der Waals surface area contributed by atoms with Crippen molar-refractivity contribution >= 4 is 23.3 Å². The van der Waals surface area contributed by atoms with E-state index in [0.717, 1.165) is 11.3 Å². The maximum Gasteiger partial charge on any atom is 0.319 e. The molecule has 4 N–H and O–H groups in total. The quantitative estimate of drug-likeness (QED) is 0.492. The number of rotatable bonds is 6. The van der Waals surface area contributed by atoms with Crippen LogP contribution in [0, 0.1) is 12.7 Å². The van der Waals surface area contributed by atoms with Gasteiger partial charge in [0.2, 0.25) is 5.91 Å². The van der Waals surface area contributed by atoms with Gasteiger partial charge in [-0.1, -0.05) is 17.7 Å². The van der Waals surface area contributed by atoms with Crippen LogP contribution in [0.1, 0.15) is 12.0 Å². The molecule has 9 nitrogen and oxygen atoms in total. The number of carbonyl (C=O) groups is 2. The predicted molar refractivity (Wildman–Crippen MR) is 129 cm³/mol. The molecule has 0 spiro atoms. The average molecular weight is 487 g/mol. The van der Waals surface area contributed by atoms with Crippen LogP contribution in [0.25, 0.3) is 0 Å². The number of nitrogens with one attached hydrogen (secondary N) is 2. The molecule has 0 saturated carbocycles. The fourth-order valence-electron chi connectivity index (χ4n) is 4.34. The first-order valence-electron chi connectivity index (χ1n) is 11.7.